The van der Waals surface area contributed by atoms with Gasteiger partial charge in [0.15, 0.2) is 5.60 Å². The maximum atomic E-state index is 15.1. The van der Waals surface area contributed by atoms with Crippen molar-refractivity contribution in [3.63, 3.8) is 0 Å². The van der Waals surface area contributed by atoms with Crippen molar-refractivity contribution in [2.75, 3.05) is 23.9 Å². The van der Waals surface area contributed by atoms with Crippen LogP contribution in [0.25, 0.3) is 0 Å². The normalized spacial score (nSPS) is 23.9. The maximum Gasteiger partial charge on any atom is 0.264 e. The Morgan fingerprint density at radius 2 is 1.65 bits per heavy atom. The monoisotopic (exact) mass is 747 g/mol. The number of methoxy groups -OCH3 is 1. The molecule has 1 fully saturated rings. The molecule has 3 heterocycles. The highest BCUT2D eigenvalue weighted by Crippen LogP contribution is 2.60. The Balaban J connectivity index is 1.24. The minimum Gasteiger partial charge on any atom is -0.497 e. The van der Waals surface area contributed by atoms with Gasteiger partial charge in [0.2, 0.25) is 5.91 Å². The first-order valence-corrected chi connectivity index (χ1v) is 21.8. The van der Waals surface area contributed by atoms with Crippen molar-refractivity contribution in [1.82, 2.24) is 4.90 Å². The lowest BCUT2D eigenvalue weighted by Crippen LogP contribution is -2.52. The molecule has 1 spiro atoms. The first-order valence-electron chi connectivity index (χ1n) is 18.7. The van der Waals surface area contributed by atoms with Crippen molar-refractivity contribution in [2.24, 2.45) is 5.92 Å². The molecule has 6 atom stereocenters. The molecule has 0 bridgehead atoms. The first-order chi connectivity index (χ1) is 25.9. The number of fused-ring (bicyclic) bond motifs is 3. The van der Waals surface area contributed by atoms with Crippen molar-refractivity contribution in [3.8, 4) is 5.75 Å². The zero-order valence-electron chi connectivity index (χ0n) is 31.5. The summed E-state index contributed by atoms with van der Waals surface area (Å²) in [5, 5.41) is 23.9. The van der Waals surface area contributed by atoms with Gasteiger partial charge in [-0.05, 0) is 65.9 Å². The summed E-state index contributed by atoms with van der Waals surface area (Å²) in [5.41, 5.74) is 3.73. The fraction of sp³-hybridized carbons (Fsp3) is 0.372. The van der Waals surface area contributed by atoms with E-state index in [2.05, 4.69) is 43.5 Å². The van der Waals surface area contributed by atoms with Gasteiger partial charge in [0.25, 0.3) is 11.8 Å². The van der Waals surface area contributed by atoms with Crippen molar-refractivity contribution >= 4 is 42.4 Å². The molecule has 10 nitrogen and oxygen atoms in total. The smallest absolute Gasteiger partial charge is 0.264 e. The second-order valence-corrected chi connectivity index (χ2v) is 20.1. The van der Waals surface area contributed by atoms with E-state index in [0.717, 1.165) is 33.7 Å². The van der Waals surface area contributed by atoms with Gasteiger partial charge < -0.3 is 34.8 Å². The molecule has 0 aliphatic carbocycles. The van der Waals surface area contributed by atoms with Gasteiger partial charge in [-0.3, -0.25) is 14.4 Å². The highest BCUT2D eigenvalue weighted by molar-refractivity contribution is 6.91. The number of para-hydroxylation sites is 1. The molecule has 3 amide bonds. The average Bonchev–Trinajstić information content (AvgIpc) is 3.60. The maximum absolute atomic E-state index is 15.1. The molecule has 7 rings (SSSR count). The summed E-state index contributed by atoms with van der Waals surface area (Å²) >= 11 is 0. The van der Waals surface area contributed by atoms with Crippen LogP contribution in [-0.2, 0) is 44.2 Å². The molecular formula is C43H49N3O7Si. The molecule has 0 aromatic heterocycles. The minimum absolute atomic E-state index is 0.0805. The fourth-order valence-corrected chi connectivity index (χ4v) is 13.1. The van der Waals surface area contributed by atoms with Crippen LogP contribution in [-0.4, -0.2) is 72.9 Å². The van der Waals surface area contributed by atoms with Gasteiger partial charge in [0.1, 0.15) is 11.9 Å². The standard InChI is InChI=1S/C43H49N3O7Si/c1-27-40(54(4,5)35-20-18-34(52-3)19-21-35)38(23-39(49)45-25-31-11-7-6-10-30(31)22-33(45)26-47)53-43(27)36-12-8-9-13-37(36)46(42(43)51)24-29-14-16-32(17-15-29)44-41(50)28(2)48/h6-21,27-28,33,38,40,47-48H,22-26H2,1-5H3,(H,44,50)/t27-,28-,33-,38+,40-,43+/m0/s1. The molecule has 0 radical (unpaired) electrons. The zero-order valence-corrected chi connectivity index (χ0v) is 32.5. The van der Waals surface area contributed by atoms with Crippen LogP contribution in [0.3, 0.4) is 0 Å². The van der Waals surface area contributed by atoms with E-state index in [1.54, 1.807) is 29.0 Å². The van der Waals surface area contributed by atoms with E-state index < -0.39 is 31.8 Å². The molecule has 1 saturated heterocycles. The number of rotatable bonds is 10. The SMILES string of the molecule is COc1ccc([Si](C)(C)[C@@H]2[C@@H](CC(=O)N3Cc4ccccc4C[C@H]3CO)O[C@]3(C(=O)N(Cc4ccc(NC(=O)[C@H](C)O)cc4)c4ccccc43)[C@H]2C)cc1. The summed E-state index contributed by atoms with van der Waals surface area (Å²) < 4.78 is 12.7. The highest BCUT2D eigenvalue weighted by atomic mass is 28.3. The van der Waals surface area contributed by atoms with Gasteiger partial charge in [0, 0.05) is 23.7 Å². The quantitative estimate of drug-likeness (QED) is 0.193. The van der Waals surface area contributed by atoms with Gasteiger partial charge in [-0.2, -0.15) is 0 Å². The number of aliphatic hydroxyl groups excluding tert-OH is 2. The van der Waals surface area contributed by atoms with E-state index in [1.807, 2.05) is 66.7 Å². The lowest BCUT2D eigenvalue weighted by Gasteiger charge is -2.39. The third kappa shape index (κ3) is 6.53. The van der Waals surface area contributed by atoms with Crippen LogP contribution in [0.2, 0.25) is 18.6 Å². The molecule has 11 heteroatoms. The summed E-state index contributed by atoms with van der Waals surface area (Å²) in [6.07, 6.45) is -1.05. The molecule has 54 heavy (non-hydrogen) atoms. The van der Waals surface area contributed by atoms with Crippen LogP contribution < -0.4 is 20.1 Å². The Bertz CT molecular complexity index is 2040. The van der Waals surface area contributed by atoms with Crippen molar-refractivity contribution < 1.29 is 34.1 Å². The lowest BCUT2D eigenvalue weighted by molar-refractivity contribution is -0.151. The van der Waals surface area contributed by atoms with E-state index >= 15 is 4.79 Å². The predicted octanol–water partition coefficient (Wildman–Crippen LogP) is 5.11. The van der Waals surface area contributed by atoms with Crippen molar-refractivity contribution in [3.05, 3.63) is 119 Å². The van der Waals surface area contributed by atoms with Gasteiger partial charge >= 0.3 is 0 Å². The van der Waals surface area contributed by atoms with Crippen molar-refractivity contribution in [2.45, 2.75) is 82.3 Å². The summed E-state index contributed by atoms with van der Waals surface area (Å²) in [6, 6.07) is 30.9. The predicted molar refractivity (Wildman–Crippen MR) is 210 cm³/mol. The van der Waals surface area contributed by atoms with Crippen molar-refractivity contribution in [1.29, 1.82) is 0 Å². The van der Waals surface area contributed by atoms with Gasteiger partial charge in [-0.15, -0.1) is 0 Å². The van der Waals surface area contributed by atoms with E-state index in [-0.39, 0.29) is 48.9 Å². The third-order valence-electron chi connectivity index (χ3n) is 11.9. The number of carbonyl (C=O) groups excluding carboxylic acids is 3. The van der Waals surface area contributed by atoms with Gasteiger partial charge in [-0.25, -0.2) is 0 Å². The van der Waals surface area contributed by atoms with Gasteiger partial charge in [-0.1, -0.05) is 91.9 Å². The molecule has 3 N–H and O–H groups in total. The molecule has 3 aliphatic rings. The van der Waals surface area contributed by atoms with Crippen LogP contribution in [0.5, 0.6) is 5.75 Å². The van der Waals surface area contributed by atoms with Crippen LogP contribution >= 0.6 is 0 Å². The van der Waals surface area contributed by atoms with E-state index in [1.165, 1.54) is 12.1 Å². The molecule has 4 aromatic rings. The highest BCUT2D eigenvalue weighted by Gasteiger charge is 2.66. The summed E-state index contributed by atoms with van der Waals surface area (Å²) in [4.78, 5) is 45.3. The number of carbonyl (C=O) groups is 3. The number of amides is 3. The summed E-state index contributed by atoms with van der Waals surface area (Å²) in [7, 11) is -0.854. The number of benzene rings is 4. The average molecular weight is 748 g/mol. The topological polar surface area (TPSA) is 129 Å². The van der Waals surface area contributed by atoms with Crippen LogP contribution in [0.15, 0.2) is 97.1 Å². The number of hydrogen-bond donors (Lipinski definition) is 3. The Morgan fingerprint density at radius 1 is 0.981 bits per heavy atom. The van der Waals surface area contributed by atoms with Crippen LogP contribution in [0.4, 0.5) is 11.4 Å². The second kappa shape index (κ2) is 14.8. The Hall–Kier alpha value is -4.81. The Kier molecular flexibility index (Phi) is 10.3. The largest absolute Gasteiger partial charge is 0.497 e. The van der Waals surface area contributed by atoms with Crippen LogP contribution in [0, 0.1) is 5.92 Å². The minimum atomic E-state index is -2.50. The summed E-state index contributed by atoms with van der Waals surface area (Å²) in [6.45, 7) is 8.65. The number of anilines is 2. The van der Waals surface area contributed by atoms with E-state index in [9.17, 15) is 19.8 Å². The molecule has 0 unspecified atom stereocenters. The number of ether oxygens (including phenoxy) is 2. The third-order valence-corrected chi connectivity index (χ3v) is 16.3. The molecule has 4 aromatic carbocycles. The van der Waals surface area contributed by atoms with Crippen LogP contribution in [0.1, 0.15) is 42.5 Å². The fourth-order valence-electron chi connectivity index (χ4n) is 9.08. The lowest BCUT2D eigenvalue weighted by atomic mass is 9.82. The molecule has 3 aliphatic heterocycles. The Morgan fingerprint density at radius 3 is 2.31 bits per heavy atom. The molecular weight excluding hydrogens is 699 g/mol. The van der Waals surface area contributed by atoms with Gasteiger partial charge in [0.05, 0.1) is 52.6 Å². The first kappa shape index (κ1) is 37.5. The number of aliphatic hydroxyl groups is 2. The molecule has 282 valence electrons. The zero-order chi connectivity index (χ0) is 38.4. The second-order valence-electron chi connectivity index (χ2n) is 15.5. The molecule has 0 saturated carbocycles. The number of hydrogen-bond acceptors (Lipinski definition) is 7. The Labute approximate surface area is 317 Å². The summed E-state index contributed by atoms with van der Waals surface area (Å²) in [5.74, 6) is -0.285. The number of nitrogens with one attached hydrogen (secondary N) is 1. The van der Waals surface area contributed by atoms with E-state index in [0.29, 0.717) is 18.7 Å². The van der Waals surface area contributed by atoms with E-state index in [4.69, 9.17) is 9.47 Å². The number of nitrogens with zero attached hydrogens (tertiary/aromatic N) is 2.